The minimum absolute atomic E-state index is 0.445. The van der Waals surface area contributed by atoms with E-state index in [2.05, 4.69) is 119 Å². The molecule has 0 N–H and O–H groups in total. The molecule has 0 bridgehead atoms. The Morgan fingerprint density at radius 2 is 1.06 bits per heavy atom. The van der Waals surface area contributed by atoms with Crippen molar-refractivity contribution in [3.05, 3.63) is 103 Å². The van der Waals surface area contributed by atoms with Gasteiger partial charge in [-0.2, -0.15) is 0 Å². The van der Waals surface area contributed by atoms with Gasteiger partial charge in [0.2, 0.25) is 0 Å². The van der Waals surface area contributed by atoms with E-state index in [9.17, 15) is 0 Å². The quantitative estimate of drug-likeness (QED) is 0.242. The van der Waals surface area contributed by atoms with Gasteiger partial charge in [-0.05, 0) is 108 Å². The molecule has 2 heteroatoms. The predicted molar refractivity (Wildman–Crippen MR) is 141 cm³/mol. The fourth-order valence-corrected chi connectivity index (χ4v) is 6.97. The molecule has 2 aliphatic carbocycles. The molecule has 2 atom stereocenters. The average Bonchev–Trinajstić information content (AvgIpc) is 3.26. The number of hydrogen-bond donors (Lipinski definition) is 0. The highest BCUT2D eigenvalue weighted by Crippen LogP contribution is 2.51. The molecule has 0 aromatic heterocycles. The highest BCUT2D eigenvalue weighted by Gasteiger charge is 2.32. The van der Waals surface area contributed by atoms with E-state index in [-0.39, 0.29) is 0 Å². The second-order valence-electron chi connectivity index (χ2n) is 8.95. The lowest BCUT2D eigenvalue weighted by Crippen LogP contribution is -2.06. The van der Waals surface area contributed by atoms with Crippen LogP contribution in [0.1, 0.15) is 54.4 Å². The van der Waals surface area contributed by atoms with Gasteiger partial charge >= 0.3 is 0 Å². The standard InChI is InChI=1S/C29H22Br2/c1-16-11-26-24(13-18-7-3-5-9-20(18)28(26)30)22(16)15-23-17(2)12-27-25(23)14-19-8-4-6-10-21(19)29(27)31/h3-14,22-23H,15H2,1-2H3. The van der Waals surface area contributed by atoms with Crippen molar-refractivity contribution in [2.45, 2.75) is 32.1 Å². The Labute approximate surface area is 199 Å². The van der Waals surface area contributed by atoms with Gasteiger partial charge in [-0.15, -0.1) is 0 Å². The van der Waals surface area contributed by atoms with Crippen LogP contribution in [0.15, 0.2) is 80.8 Å². The van der Waals surface area contributed by atoms with Crippen LogP contribution in [0.2, 0.25) is 0 Å². The summed E-state index contributed by atoms with van der Waals surface area (Å²) in [4.78, 5) is 0. The van der Waals surface area contributed by atoms with Crippen molar-refractivity contribution < 1.29 is 0 Å². The normalized spacial score (nSPS) is 19.5. The van der Waals surface area contributed by atoms with Crippen LogP contribution in [0.25, 0.3) is 33.7 Å². The summed E-state index contributed by atoms with van der Waals surface area (Å²) in [5.41, 5.74) is 8.58. The van der Waals surface area contributed by atoms with E-state index in [0.29, 0.717) is 11.8 Å². The van der Waals surface area contributed by atoms with Crippen molar-refractivity contribution in [1.82, 2.24) is 0 Å². The topological polar surface area (TPSA) is 0 Å². The van der Waals surface area contributed by atoms with Crippen LogP contribution in [0.4, 0.5) is 0 Å². The molecule has 2 aliphatic rings. The summed E-state index contributed by atoms with van der Waals surface area (Å²) in [6, 6.07) is 22.2. The highest BCUT2D eigenvalue weighted by molar-refractivity contribution is 9.11. The van der Waals surface area contributed by atoms with Crippen LogP contribution >= 0.6 is 31.9 Å². The van der Waals surface area contributed by atoms with Crippen molar-refractivity contribution >= 4 is 65.6 Å². The van der Waals surface area contributed by atoms with E-state index >= 15 is 0 Å². The van der Waals surface area contributed by atoms with Crippen LogP contribution in [-0.4, -0.2) is 0 Å². The molecule has 0 aliphatic heterocycles. The summed E-state index contributed by atoms with van der Waals surface area (Å²) >= 11 is 7.83. The minimum atomic E-state index is 0.445. The zero-order valence-electron chi connectivity index (χ0n) is 17.5. The van der Waals surface area contributed by atoms with Gasteiger partial charge in [-0.1, -0.05) is 71.8 Å². The summed E-state index contributed by atoms with van der Waals surface area (Å²) in [7, 11) is 0. The molecule has 0 nitrogen and oxygen atoms in total. The Morgan fingerprint density at radius 3 is 1.52 bits per heavy atom. The maximum atomic E-state index is 3.91. The number of benzene rings is 4. The van der Waals surface area contributed by atoms with Gasteiger partial charge in [-0.25, -0.2) is 0 Å². The Hall–Kier alpha value is -2.16. The monoisotopic (exact) mass is 528 g/mol. The molecule has 2 unspecified atom stereocenters. The average molecular weight is 530 g/mol. The maximum Gasteiger partial charge on any atom is 0.0329 e. The number of fused-ring (bicyclic) bond motifs is 4. The SMILES string of the molecule is CC1=Cc2c(cc3ccccc3c2Br)C1CC1C(C)=Cc2c1cc1ccccc1c2Br. The second kappa shape index (κ2) is 7.18. The molecular formula is C29H22Br2. The van der Waals surface area contributed by atoms with Crippen LogP contribution in [0, 0.1) is 0 Å². The molecule has 4 aromatic rings. The minimum Gasteiger partial charge on any atom is -0.0651 e. The molecule has 0 spiro atoms. The summed E-state index contributed by atoms with van der Waals surface area (Å²) in [6.45, 7) is 4.60. The molecule has 0 heterocycles. The number of halogens is 2. The fourth-order valence-electron chi connectivity index (χ4n) is 5.56. The van der Waals surface area contributed by atoms with Crippen molar-refractivity contribution in [1.29, 1.82) is 0 Å². The maximum absolute atomic E-state index is 3.91. The van der Waals surface area contributed by atoms with Gasteiger partial charge < -0.3 is 0 Å². The van der Waals surface area contributed by atoms with Crippen molar-refractivity contribution in [3.63, 3.8) is 0 Å². The molecule has 0 fully saturated rings. The Kier molecular flexibility index (Phi) is 4.52. The van der Waals surface area contributed by atoms with Crippen molar-refractivity contribution in [2.75, 3.05) is 0 Å². The van der Waals surface area contributed by atoms with E-state index in [1.165, 1.54) is 63.9 Å². The third kappa shape index (κ3) is 2.92. The van der Waals surface area contributed by atoms with Crippen LogP contribution in [0.3, 0.4) is 0 Å². The third-order valence-corrected chi connectivity index (χ3v) is 8.89. The first-order valence-electron chi connectivity index (χ1n) is 10.8. The van der Waals surface area contributed by atoms with E-state index in [1.54, 1.807) is 0 Å². The zero-order chi connectivity index (χ0) is 21.3. The van der Waals surface area contributed by atoms with Gasteiger partial charge in [0.25, 0.3) is 0 Å². The van der Waals surface area contributed by atoms with Crippen LogP contribution < -0.4 is 0 Å². The molecule has 0 radical (unpaired) electrons. The molecule has 0 saturated carbocycles. The number of rotatable bonds is 2. The van der Waals surface area contributed by atoms with E-state index < -0.39 is 0 Å². The van der Waals surface area contributed by atoms with Gasteiger partial charge in [0.05, 0.1) is 0 Å². The molecule has 0 saturated heterocycles. The van der Waals surface area contributed by atoms with Crippen molar-refractivity contribution in [3.8, 4) is 0 Å². The first-order chi connectivity index (χ1) is 15.0. The van der Waals surface area contributed by atoms with Gasteiger partial charge in [0.15, 0.2) is 0 Å². The fraction of sp³-hybridized carbons (Fsp3) is 0.172. The molecule has 31 heavy (non-hydrogen) atoms. The summed E-state index contributed by atoms with van der Waals surface area (Å²) in [5, 5.41) is 5.22. The lowest BCUT2D eigenvalue weighted by atomic mass is 9.81. The molecule has 4 aromatic carbocycles. The lowest BCUT2D eigenvalue weighted by Gasteiger charge is -2.23. The molecule has 152 valence electrons. The van der Waals surface area contributed by atoms with E-state index in [1.807, 2.05) is 0 Å². The van der Waals surface area contributed by atoms with Gasteiger partial charge in [-0.3, -0.25) is 0 Å². The summed E-state index contributed by atoms with van der Waals surface area (Å²) in [5.74, 6) is 0.890. The second-order valence-corrected chi connectivity index (χ2v) is 10.5. The van der Waals surface area contributed by atoms with Gasteiger partial charge in [0, 0.05) is 20.8 Å². The Bertz CT molecular complexity index is 1340. The first kappa shape index (κ1) is 19.5. The predicted octanol–water partition coefficient (Wildman–Crippen LogP) is 9.61. The number of allylic oxidation sites excluding steroid dienone is 2. The largest absolute Gasteiger partial charge is 0.0651 e. The lowest BCUT2D eigenvalue weighted by molar-refractivity contribution is 0.643. The molecule has 0 amide bonds. The van der Waals surface area contributed by atoms with Gasteiger partial charge in [0.1, 0.15) is 0 Å². The van der Waals surface area contributed by atoms with E-state index in [0.717, 1.165) is 6.42 Å². The third-order valence-electron chi connectivity index (χ3n) is 7.18. The smallest absolute Gasteiger partial charge is 0.0329 e. The zero-order valence-corrected chi connectivity index (χ0v) is 20.7. The summed E-state index contributed by atoms with van der Waals surface area (Å²) in [6.07, 6.45) is 5.89. The van der Waals surface area contributed by atoms with Crippen molar-refractivity contribution in [2.24, 2.45) is 0 Å². The highest BCUT2D eigenvalue weighted by atomic mass is 79.9. The van der Waals surface area contributed by atoms with E-state index in [4.69, 9.17) is 0 Å². The summed E-state index contributed by atoms with van der Waals surface area (Å²) < 4.78 is 2.46. The van der Waals surface area contributed by atoms with Crippen LogP contribution in [0.5, 0.6) is 0 Å². The Morgan fingerprint density at radius 1 is 0.645 bits per heavy atom. The Balaban J connectivity index is 1.46. The molecule has 6 rings (SSSR count). The number of hydrogen-bond acceptors (Lipinski definition) is 0. The first-order valence-corrected chi connectivity index (χ1v) is 12.4. The molecular weight excluding hydrogens is 508 g/mol. The van der Waals surface area contributed by atoms with Crippen LogP contribution in [-0.2, 0) is 0 Å².